The lowest BCUT2D eigenvalue weighted by Gasteiger charge is -1.64. The van der Waals surface area contributed by atoms with Crippen LogP contribution in [0.1, 0.15) is 0 Å². The number of terminal acetylenes is 1. The van der Waals surface area contributed by atoms with Crippen LogP contribution in [0.3, 0.4) is 0 Å². The van der Waals surface area contributed by atoms with Gasteiger partial charge < -0.3 is 0 Å². The molecule has 50 valence electrons. The minimum Gasteiger partial charge on any atom is -0.207 e. The van der Waals surface area contributed by atoms with Gasteiger partial charge in [0.25, 0.3) is 0 Å². The van der Waals surface area contributed by atoms with Gasteiger partial charge in [-0.05, 0) is 40.9 Å². The topological polar surface area (TPSA) is 0 Å². The Balaban J connectivity index is 0.000000148. The predicted octanol–water partition coefficient (Wildman–Crippen LogP) is 2.62. The molecule has 0 nitrogen and oxygen atoms in total. The SMILES string of the molecule is C#CCl.Fc1cc2cc-2c1. The van der Waals surface area contributed by atoms with E-state index in [1.807, 2.05) is 6.07 Å². The number of benzene rings is 1. The van der Waals surface area contributed by atoms with Gasteiger partial charge in [0.15, 0.2) is 0 Å². The Morgan fingerprint density at radius 2 is 1.70 bits per heavy atom. The van der Waals surface area contributed by atoms with Crippen molar-refractivity contribution in [3.8, 4) is 22.9 Å². The van der Waals surface area contributed by atoms with Crippen molar-refractivity contribution in [3.63, 3.8) is 0 Å². The molecule has 0 fully saturated rings. The summed E-state index contributed by atoms with van der Waals surface area (Å²) in [6.07, 6.45) is 4.36. The zero-order valence-corrected chi connectivity index (χ0v) is 5.82. The van der Waals surface area contributed by atoms with E-state index in [2.05, 4.69) is 18.0 Å². The molecule has 0 amide bonds. The normalized spacial score (nSPS) is 8.90. The number of halogens is 2. The summed E-state index contributed by atoms with van der Waals surface area (Å²) < 4.78 is 11.9. The summed E-state index contributed by atoms with van der Waals surface area (Å²) in [5.74, 6) is -0.104. The van der Waals surface area contributed by atoms with E-state index >= 15 is 0 Å². The van der Waals surface area contributed by atoms with Gasteiger partial charge in [-0.25, -0.2) is 4.39 Å². The third-order valence-corrected chi connectivity index (χ3v) is 1.15. The van der Waals surface area contributed by atoms with Gasteiger partial charge in [0.2, 0.25) is 0 Å². The van der Waals surface area contributed by atoms with Gasteiger partial charge in [-0.3, -0.25) is 0 Å². The van der Waals surface area contributed by atoms with E-state index in [9.17, 15) is 4.39 Å². The minimum atomic E-state index is -0.104. The molecule has 2 heteroatoms. The Labute approximate surface area is 63.6 Å². The fourth-order valence-electron chi connectivity index (χ4n) is 0.720. The van der Waals surface area contributed by atoms with Crippen LogP contribution in [0, 0.1) is 17.6 Å². The second-order valence-electron chi connectivity index (χ2n) is 1.84. The molecular formula is C8H4ClF. The second-order valence-corrected chi connectivity index (χ2v) is 2.06. The Bertz CT molecular complexity index is 266. The molecule has 2 aliphatic carbocycles. The average molecular weight is 155 g/mol. The summed E-state index contributed by atoms with van der Waals surface area (Å²) in [6.45, 7) is 0. The molecule has 0 aromatic carbocycles. The summed E-state index contributed by atoms with van der Waals surface area (Å²) in [5.41, 5.74) is 2.13. The first-order valence-corrected chi connectivity index (χ1v) is 3.03. The van der Waals surface area contributed by atoms with E-state index in [4.69, 9.17) is 0 Å². The third-order valence-electron chi connectivity index (χ3n) is 1.15. The maximum atomic E-state index is 11.9. The molecular weight excluding hydrogens is 151 g/mol. The number of fused-ring (bicyclic) bond motifs is 1. The molecule has 0 spiro atoms. The van der Waals surface area contributed by atoms with Crippen molar-refractivity contribution in [2.45, 2.75) is 0 Å². The van der Waals surface area contributed by atoms with Gasteiger partial charge in [0.1, 0.15) is 5.82 Å². The van der Waals surface area contributed by atoms with Crippen LogP contribution in [-0.2, 0) is 0 Å². The molecule has 0 aromatic heterocycles. The first-order valence-electron chi connectivity index (χ1n) is 2.65. The Hall–Kier alpha value is -1.00. The van der Waals surface area contributed by atoms with Gasteiger partial charge in [-0.1, -0.05) is 0 Å². The zero-order valence-electron chi connectivity index (χ0n) is 5.07. The lowest BCUT2D eigenvalue weighted by Crippen LogP contribution is -1.51. The summed E-state index contributed by atoms with van der Waals surface area (Å²) in [6, 6.07) is 5.02. The fourth-order valence-corrected chi connectivity index (χ4v) is 0.720. The monoisotopic (exact) mass is 154 g/mol. The smallest absolute Gasteiger partial charge is 0.124 e. The van der Waals surface area contributed by atoms with Gasteiger partial charge in [-0.2, -0.15) is 0 Å². The Kier molecular flexibility index (Phi) is 1.94. The van der Waals surface area contributed by atoms with Crippen LogP contribution in [0.15, 0.2) is 18.2 Å². The average Bonchev–Trinajstić information content (AvgIpc) is 2.42. The van der Waals surface area contributed by atoms with Gasteiger partial charge in [0.05, 0.1) is 0 Å². The first kappa shape index (κ1) is 7.11. The summed E-state index contributed by atoms with van der Waals surface area (Å²) >= 11 is 4.53. The molecule has 0 bridgehead atoms. The van der Waals surface area contributed by atoms with Crippen molar-refractivity contribution in [1.82, 2.24) is 0 Å². The number of hydrogen-bond donors (Lipinski definition) is 0. The summed E-state index contributed by atoms with van der Waals surface area (Å²) in [4.78, 5) is 0. The number of rotatable bonds is 0. The molecule has 0 aliphatic heterocycles. The van der Waals surface area contributed by atoms with Crippen LogP contribution < -0.4 is 0 Å². The van der Waals surface area contributed by atoms with E-state index in [1.54, 1.807) is 5.38 Å². The van der Waals surface area contributed by atoms with Gasteiger partial charge >= 0.3 is 0 Å². The highest BCUT2D eigenvalue weighted by molar-refractivity contribution is 6.29. The molecule has 10 heavy (non-hydrogen) atoms. The molecule has 0 aromatic rings. The largest absolute Gasteiger partial charge is 0.207 e. The van der Waals surface area contributed by atoms with Crippen molar-refractivity contribution < 1.29 is 4.39 Å². The van der Waals surface area contributed by atoms with Crippen LogP contribution in [0.25, 0.3) is 11.1 Å². The van der Waals surface area contributed by atoms with Crippen LogP contribution in [0.4, 0.5) is 4.39 Å². The van der Waals surface area contributed by atoms with Crippen molar-refractivity contribution in [2.24, 2.45) is 0 Å². The molecule has 2 rings (SSSR count). The molecule has 0 radical (unpaired) electrons. The summed E-state index contributed by atoms with van der Waals surface area (Å²) in [7, 11) is 0. The van der Waals surface area contributed by atoms with Crippen LogP contribution >= 0.6 is 11.6 Å². The van der Waals surface area contributed by atoms with Crippen molar-refractivity contribution >= 4 is 11.6 Å². The minimum absolute atomic E-state index is 0.104. The second kappa shape index (κ2) is 2.72. The van der Waals surface area contributed by atoms with Crippen LogP contribution in [0.2, 0.25) is 0 Å². The highest BCUT2D eigenvalue weighted by atomic mass is 35.5. The molecule has 0 unspecified atom stereocenters. The quantitative estimate of drug-likeness (QED) is 0.512. The van der Waals surface area contributed by atoms with Gasteiger partial charge in [-0.15, -0.1) is 6.42 Å². The van der Waals surface area contributed by atoms with Crippen molar-refractivity contribution in [3.05, 3.63) is 24.0 Å². The standard InChI is InChI=1S/C6H3F.C2HCl/c7-6-2-4-1-5(4)3-6;1-2-3/h1-3H;1H. The fraction of sp³-hybridized carbons (Fsp3) is 0. The van der Waals surface area contributed by atoms with E-state index < -0.39 is 0 Å². The van der Waals surface area contributed by atoms with E-state index in [-0.39, 0.29) is 5.82 Å². The Morgan fingerprint density at radius 1 is 1.30 bits per heavy atom. The Morgan fingerprint density at radius 3 is 1.90 bits per heavy atom. The number of hydrogen-bond acceptors (Lipinski definition) is 0. The third kappa shape index (κ3) is 1.49. The van der Waals surface area contributed by atoms with E-state index in [1.165, 1.54) is 12.1 Å². The van der Waals surface area contributed by atoms with Crippen molar-refractivity contribution in [1.29, 1.82) is 0 Å². The molecule has 0 saturated heterocycles. The maximum Gasteiger partial charge on any atom is 0.124 e. The highest BCUT2D eigenvalue weighted by Crippen LogP contribution is 2.34. The van der Waals surface area contributed by atoms with Gasteiger partial charge in [0, 0.05) is 5.38 Å². The van der Waals surface area contributed by atoms with Crippen LogP contribution in [-0.4, -0.2) is 0 Å². The molecule has 0 saturated carbocycles. The zero-order chi connectivity index (χ0) is 7.56. The first-order chi connectivity index (χ1) is 4.77. The lowest BCUT2D eigenvalue weighted by molar-refractivity contribution is 0.632. The molecule has 0 atom stereocenters. The molecule has 2 aliphatic rings. The highest BCUT2D eigenvalue weighted by Gasteiger charge is 2.12. The molecule has 0 N–H and O–H groups in total. The van der Waals surface area contributed by atoms with Crippen molar-refractivity contribution in [2.75, 3.05) is 0 Å². The maximum absolute atomic E-state index is 11.9. The van der Waals surface area contributed by atoms with E-state index in [0.29, 0.717) is 0 Å². The van der Waals surface area contributed by atoms with E-state index in [0.717, 1.165) is 11.1 Å². The molecule has 0 heterocycles. The predicted molar refractivity (Wildman–Crippen MR) is 40.1 cm³/mol. The van der Waals surface area contributed by atoms with Crippen LogP contribution in [0.5, 0.6) is 0 Å². The summed E-state index contributed by atoms with van der Waals surface area (Å²) in [5, 5.41) is 1.72. The lowest BCUT2D eigenvalue weighted by atomic mass is 10.6.